The molecule has 2 aromatic heterocycles. The van der Waals surface area contributed by atoms with Gasteiger partial charge in [-0.15, -0.1) is 0 Å². The molecule has 0 amide bonds. The highest BCUT2D eigenvalue weighted by Gasteiger charge is 2.36. The van der Waals surface area contributed by atoms with Crippen LogP contribution in [0.4, 0.5) is 0 Å². The lowest BCUT2D eigenvalue weighted by atomic mass is 9.78. The first-order valence-electron chi connectivity index (χ1n) is 16.4. The zero-order valence-electron chi connectivity index (χ0n) is 27.0. The molecular weight excluding hydrogens is 603 g/mol. The zero-order chi connectivity index (χ0) is 33.3. The lowest BCUT2D eigenvalue weighted by Gasteiger charge is -2.22. The summed E-state index contributed by atoms with van der Waals surface area (Å²) in [6.07, 6.45) is 0. The lowest BCUT2D eigenvalue weighted by Crippen LogP contribution is -2.33. The Bertz CT molecular complexity index is 2500. The Morgan fingerprint density at radius 1 is 0.510 bits per heavy atom. The zero-order valence-corrected chi connectivity index (χ0v) is 27.0. The van der Waals surface area contributed by atoms with Gasteiger partial charge in [0, 0.05) is 44.0 Å². The molecule has 6 aromatic carbocycles. The second kappa shape index (κ2) is 11.1. The average Bonchev–Trinajstić information content (AvgIpc) is 3.59. The van der Waals surface area contributed by atoms with Gasteiger partial charge in [0.15, 0.2) is 17.5 Å². The summed E-state index contributed by atoms with van der Waals surface area (Å²) in [6.45, 7) is 4.55. The number of hydrogen-bond donors (Lipinski definition) is 2. The largest absolute Gasteiger partial charge is 0.490 e. The maximum atomic E-state index is 10.8. The van der Waals surface area contributed by atoms with E-state index in [1.165, 1.54) is 22.3 Å². The van der Waals surface area contributed by atoms with E-state index in [4.69, 9.17) is 15.0 Å². The van der Waals surface area contributed by atoms with Crippen LogP contribution in [0.2, 0.25) is 0 Å². The number of fused-ring (bicyclic) bond motifs is 6. The Hall–Kier alpha value is -5.89. The van der Waals surface area contributed by atoms with Crippen LogP contribution in [-0.4, -0.2) is 36.7 Å². The van der Waals surface area contributed by atoms with E-state index in [2.05, 4.69) is 73.0 Å². The van der Waals surface area contributed by atoms with Gasteiger partial charge in [0.05, 0.1) is 11.0 Å². The molecule has 7 heteroatoms. The standard InChI is InChI=1S/C42H31BN4O2/c1-42(2)33-19-11-9-17-29(33)31-24-32-30-18-10-12-20-36(30)47(37(32)25-34(31)42)38-23-28(21-22-35(38)43(48)49)41-45-39(26-13-5-3-6-14-26)44-40(46-41)27-15-7-4-8-16-27/h3-25,48-49H,1-2H3. The maximum absolute atomic E-state index is 10.8. The summed E-state index contributed by atoms with van der Waals surface area (Å²) < 4.78 is 2.15. The molecule has 2 heterocycles. The highest BCUT2D eigenvalue weighted by Crippen LogP contribution is 2.51. The van der Waals surface area contributed by atoms with Gasteiger partial charge in [-0.25, -0.2) is 15.0 Å². The topological polar surface area (TPSA) is 84.1 Å². The van der Waals surface area contributed by atoms with Gasteiger partial charge in [-0.05, 0) is 46.5 Å². The minimum atomic E-state index is -1.70. The van der Waals surface area contributed by atoms with Crippen LogP contribution in [0.25, 0.3) is 72.8 Å². The Morgan fingerprint density at radius 2 is 1.10 bits per heavy atom. The van der Waals surface area contributed by atoms with Crippen molar-refractivity contribution < 1.29 is 10.0 Å². The molecule has 9 rings (SSSR count). The van der Waals surface area contributed by atoms with E-state index in [0.717, 1.165) is 38.5 Å². The van der Waals surface area contributed by atoms with Gasteiger partial charge in [-0.3, -0.25) is 0 Å². The molecule has 0 unspecified atom stereocenters. The molecular formula is C42H31BN4O2. The lowest BCUT2D eigenvalue weighted by molar-refractivity contribution is 0.425. The molecule has 234 valence electrons. The molecule has 6 nitrogen and oxygen atoms in total. The molecule has 0 fully saturated rings. The molecule has 0 spiro atoms. The first kappa shape index (κ1) is 29.3. The van der Waals surface area contributed by atoms with Crippen molar-refractivity contribution in [3.63, 3.8) is 0 Å². The normalized spacial score (nSPS) is 13.1. The third kappa shape index (κ3) is 4.62. The third-order valence-electron chi connectivity index (χ3n) is 9.88. The van der Waals surface area contributed by atoms with E-state index < -0.39 is 7.12 Å². The number of hydrogen-bond acceptors (Lipinski definition) is 5. The number of rotatable bonds is 5. The highest BCUT2D eigenvalue weighted by atomic mass is 16.4. The van der Waals surface area contributed by atoms with Crippen molar-refractivity contribution in [2.75, 3.05) is 0 Å². The summed E-state index contributed by atoms with van der Waals surface area (Å²) in [4.78, 5) is 14.8. The van der Waals surface area contributed by atoms with Crippen LogP contribution in [0.15, 0.2) is 140 Å². The van der Waals surface area contributed by atoms with E-state index in [-0.39, 0.29) is 5.41 Å². The molecule has 1 aliphatic carbocycles. The fourth-order valence-electron chi connectivity index (χ4n) is 7.46. The van der Waals surface area contributed by atoms with Crippen LogP contribution in [0.5, 0.6) is 0 Å². The predicted octanol–water partition coefficient (Wildman–Crippen LogP) is 7.96. The van der Waals surface area contributed by atoms with Crippen LogP contribution in [0.3, 0.4) is 0 Å². The molecule has 0 atom stereocenters. The number of para-hydroxylation sites is 1. The summed E-state index contributed by atoms with van der Waals surface area (Å²) in [7, 11) is -1.70. The van der Waals surface area contributed by atoms with E-state index in [1.807, 2.05) is 78.9 Å². The van der Waals surface area contributed by atoms with Crippen molar-refractivity contribution >= 4 is 34.4 Å². The van der Waals surface area contributed by atoms with Crippen molar-refractivity contribution in [3.05, 3.63) is 151 Å². The maximum Gasteiger partial charge on any atom is 0.490 e. The first-order chi connectivity index (χ1) is 23.9. The summed E-state index contributed by atoms with van der Waals surface area (Å²) in [5.41, 5.74) is 10.3. The fraction of sp³-hybridized carbons (Fsp3) is 0.0714. The second-order valence-corrected chi connectivity index (χ2v) is 13.1. The minimum absolute atomic E-state index is 0.199. The summed E-state index contributed by atoms with van der Waals surface area (Å²) in [5.74, 6) is 1.61. The molecule has 0 radical (unpaired) electrons. The van der Waals surface area contributed by atoms with Crippen LogP contribution >= 0.6 is 0 Å². The number of benzene rings is 6. The Labute approximate surface area is 284 Å². The quantitative estimate of drug-likeness (QED) is 0.188. The SMILES string of the molecule is CC1(C)c2ccccc2-c2cc3c4ccccc4n(-c4cc(-c5nc(-c6ccccc6)nc(-c6ccccc6)n5)ccc4B(O)O)c3cc21. The molecule has 49 heavy (non-hydrogen) atoms. The van der Waals surface area contributed by atoms with Gasteiger partial charge < -0.3 is 14.6 Å². The van der Waals surface area contributed by atoms with Crippen molar-refractivity contribution in [2.45, 2.75) is 19.3 Å². The van der Waals surface area contributed by atoms with Crippen LogP contribution < -0.4 is 5.46 Å². The fourth-order valence-corrected chi connectivity index (χ4v) is 7.46. The molecule has 0 saturated heterocycles. The van der Waals surface area contributed by atoms with Crippen LogP contribution in [0, 0.1) is 0 Å². The highest BCUT2D eigenvalue weighted by molar-refractivity contribution is 6.60. The second-order valence-electron chi connectivity index (χ2n) is 13.1. The third-order valence-corrected chi connectivity index (χ3v) is 9.88. The Morgan fingerprint density at radius 3 is 1.78 bits per heavy atom. The van der Waals surface area contributed by atoms with Crippen molar-refractivity contribution in [3.8, 4) is 51.0 Å². The Kier molecular flexibility index (Phi) is 6.63. The predicted molar refractivity (Wildman–Crippen MR) is 198 cm³/mol. The molecule has 0 saturated carbocycles. The van der Waals surface area contributed by atoms with Crippen LogP contribution in [-0.2, 0) is 5.41 Å². The molecule has 1 aliphatic rings. The summed E-state index contributed by atoms with van der Waals surface area (Å²) >= 11 is 0. The van der Waals surface area contributed by atoms with Gasteiger partial charge in [-0.1, -0.05) is 129 Å². The van der Waals surface area contributed by atoms with Crippen molar-refractivity contribution in [1.82, 2.24) is 19.5 Å². The van der Waals surface area contributed by atoms with E-state index in [1.54, 1.807) is 6.07 Å². The van der Waals surface area contributed by atoms with E-state index in [0.29, 0.717) is 28.6 Å². The van der Waals surface area contributed by atoms with Gasteiger partial charge in [0.1, 0.15) is 0 Å². The summed E-state index contributed by atoms with van der Waals surface area (Å²) in [6, 6.07) is 46.9. The Balaban J connectivity index is 1.31. The van der Waals surface area contributed by atoms with Crippen molar-refractivity contribution in [2.24, 2.45) is 0 Å². The molecule has 0 bridgehead atoms. The monoisotopic (exact) mass is 634 g/mol. The average molecular weight is 635 g/mol. The molecule has 8 aromatic rings. The summed E-state index contributed by atoms with van der Waals surface area (Å²) in [5, 5.41) is 23.7. The van der Waals surface area contributed by atoms with E-state index in [9.17, 15) is 10.0 Å². The van der Waals surface area contributed by atoms with Crippen molar-refractivity contribution in [1.29, 1.82) is 0 Å². The van der Waals surface area contributed by atoms with Crippen LogP contribution in [0.1, 0.15) is 25.0 Å². The smallest absolute Gasteiger partial charge is 0.423 e. The number of aromatic nitrogens is 4. The van der Waals surface area contributed by atoms with Gasteiger partial charge in [-0.2, -0.15) is 0 Å². The molecule has 2 N–H and O–H groups in total. The first-order valence-corrected chi connectivity index (χ1v) is 16.4. The molecule has 0 aliphatic heterocycles. The van der Waals surface area contributed by atoms with Gasteiger partial charge >= 0.3 is 7.12 Å². The minimum Gasteiger partial charge on any atom is -0.423 e. The van der Waals surface area contributed by atoms with Gasteiger partial charge in [0.25, 0.3) is 0 Å². The van der Waals surface area contributed by atoms with Gasteiger partial charge in [0.2, 0.25) is 0 Å². The number of nitrogens with zero attached hydrogens (tertiary/aromatic N) is 4. The van der Waals surface area contributed by atoms with E-state index >= 15 is 0 Å².